The second-order valence-electron chi connectivity index (χ2n) is 4.09. The van der Waals surface area contributed by atoms with Crippen LogP contribution in [0, 0.1) is 5.92 Å². The predicted molar refractivity (Wildman–Crippen MR) is 57.8 cm³/mol. The largest absolute Gasteiger partial charge is 0.508 e. The number of aromatic hydroxyl groups is 1. The highest BCUT2D eigenvalue weighted by molar-refractivity contribution is 5.80. The molecule has 2 N–H and O–H groups in total. The lowest BCUT2D eigenvalue weighted by Gasteiger charge is -2.27. The third kappa shape index (κ3) is 1.47. The van der Waals surface area contributed by atoms with Gasteiger partial charge in [-0.15, -0.1) is 0 Å². The van der Waals surface area contributed by atoms with Crippen LogP contribution in [0.3, 0.4) is 0 Å². The Morgan fingerprint density at radius 3 is 3.07 bits per heavy atom. The lowest BCUT2D eigenvalue weighted by Crippen LogP contribution is -2.44. The second-order valence-corrected chi connectivity index (χ2v) is 4.09. The molecule has 0 aliphatic carbocycles. The van der Waals surface area contributed by atoms with E-state index in [-0.39, 0.29) is 0 Å². The molecule has 0 spiro atoms. The van der Waals surface area contributed by atoms with Crippen molar-refractivity contribution in [2.45, 2.75) is 6.54 Å². The van der Waals surface area contributed by atoms with Crippen LogP contribution in [0.2, 0.25) is 0 Å². The first-order valence-corrected chi connectivity index (χ1v) is 5.18. The van der Waals surface area contributed by atoms with E-state index in [1.165, 1.54) is 0 Å². The standard InChI is InChI=1S/C11H13N3O/c15-10-1-2-11-9(3-10)6-13-14(11)7-8-4-12-5-8/h1-3,6,8,12,15H,4-5,7H2. The zero-order valence-corrected chi connectivity index (χ0v) is 8.35. The summed E-state index contributed by atoms with van der Waals surface area (Å²) in [4.78, 5) is 0. The minimum Gasteiger partial charge on any atom is -0.508 e. The zero-order chi connectivity index (χ0) is 10.3. The predicted octanol–water partition coefficient (Wildman–Crippen LogP) is 0.961. The maximum atomic E-state index is 9.33. The van der Waals surface area contributed by atoms with Gasteiger partial charge in [-0.25, -0.2) is 0 Å². The Morgan fingerprint density at radius 2 is 2.33 bits per heavy atom. The SMILES string of the molecule is Oc1ccc2c(cnn2CC2CNC2)c1. The third-order valence-corrected chi connectivity index (χ3v) is 2.92. The van der Waals surface area contributed by atoms with Gasteiger partial charge in [-0.1, -0.05) is 0 Å². The highest BCUT2D eigenvalue weighted by atomic mass is 16.3. The first-order chi connectivity index (χ1) is 7.33. The van der Waals surface area contributed by atoms with Crippen LogP contribution in [0.15, 0.2) is 24.4 Å². The summed E-state index contributed by atoms with van der Waals surface area (Å²) in [7, 11) is 0. The van der Waals surface area contributed by atoms with E-state index in [0.29, 0.717) is 11.7 Å². The summed E-state index contributed by atoms with van der Waals surface area (Å²) in [5, 5.41) is 17.9. The summed E-state index contributed by atoms with van der Waals surface area (Å²) in [6, 6.07) is 5.38. The van der Waals surface area contributed by atoms with Gasteiger partial charge in [0.2, 0.25) is 0 Å². The van der Waals surface area contributed by atoms with Crippen molar-refractivity contribution in [2.75, 3.05) is 13.1 Å². The molecule has 2 aromatic rings. The van der Waals surface area contributed by atoms with Gasteiger partial charge in [0.05, 0.1) is 11.7 Å². The Balaban J connectivity index is 1.96. The molecule has 4 heteroatoms. The van der Waals surface area contributed by atoms with Crippen LogP contribution in [0.5, 0.6) is 5.75 Å². The van der Waals surface area contributed by atoms with E-state index >= 15 is 0 Å². The molecular formula is C11H13N3O. The number of nitrogens with one attached hydrogen (secondary N) is 1. The van der Waals surface area contributed by atoms with Gasteiger partial charge in [0.1, 0.15) is 5.75 Å². The van der Waals surface area contributed by atoms with E-state index in [2.05, 4.69) is 10.4 Å². The van der Waals surface area contributed by atoms with Gasteiger partial charge in [0.15, 0.2) is 0 Å². The van der Waals surface area contributed by atoms with Gasteiger partial charge in [-0.05, 0) is 18.2 Å². The summed E-state index contributed by atoms with van der Waals surface area (Å²) in [5.74, 6) is 0.995. The molecule has 3 rings (SSSR count). The highest BCUT2D eigenvalue weighted by Crippen LogP contribution is 2.20. The van der Waals surface area contributed by atoms with Crippen LogP contribution in [0.1, 0.15) is 0 Å². The van der Waals surface area contributed by atoms with Crippen molar-refractivity contribution in [1.29, 1.82) is 0 Å². The Bertz CT molecular complexity index is 488. The molecule has 0 unspecified atom stereocenters. The van der Waals surface area contributed by atoms with Gasteiger partial charge in [-0.3, -0.25) is 4.68 Å². The van der Waals surface area contributed by atoms with Crippen LogP contribution >= 0.6 is 0 Å². The van der Waals surface area contributed by atoms with Gasteiger partial charge in [-0.2, -0.15) is 5.10 Å². The monoisotopic (exact) mass is 203 g/mol. The van der Waals surface area contributed by atoms with E-state index < -0.39 is 0 Å². The number of hydrogen-bond donors (Lipinski definition) is 2. The minimum absolute atomic E-state index is 0.298. The van der Waals surface area contributed by atoms with Crippen LogP contribution in [-0.2, 0) is 6.54 Å². The average molecular weight is 203 g/mol. The Morgan fingerprint density at radius 1 is 1.47 bits per heavy atom. The average Bonchev–Trinajstić information content (AvgIpc) is 2.54. The summed E-state index contributed by atoms with van der Waals surface area (Å²) < 4.78 is 2.01. The van der Waals surface area contributed by atoms with Crippen molar-refractivity contribution in [1.82, 2.24) is 15.1 Å². The van der Waals surface area contributed by atoms with E-state index in [1.807, 2.05) is 10.7 Å². The number of phenolic OH excluding ortho intramolecular Hbond substituents is 1. The number of rotatable bonds is 2. The Kier molecular flexibility index (Phi) is 1.89. The number of fused-ring (bicyclic) bond motifs is 1. The molecule has 0 atom stereocenters. The molecule has 1 fully saturated rings. The fourth-order valence-electron chi connectivity index (χ4n) is 1.94. The number of aromatic nitrogens is 2. The molecule has 0 radical (unpaired) electrons. The van der Waals surface area contributed by atoms with E-state index in [9.17, 15) is 5.11 Å². The maximum absolute atomic E-state index is 9.33. The molecule has 1 aliphatic heterocycles. The molecule has 4 nitrogen and oxygen atoms in total. The van der Waals surface area contributed by atoms with Crippen LogP contribution in [0.4, 0.5) is 0 Å². The van der Waals surface area contributed by atoms with Gasteiger partial charge in [0, 0.05) is 30.9 Å². The summed E-state index contributed by atoms with van der Waals surface area (Å²) >= 11 is 0. The van der Waals surface area contributed by atoms with Crippen molar-refractivity contribution in [3.05, 3.63) is 24.4 Å². The first-order valence-electron chi connectivity index (χ1n) is 5.18. The molecule has 1 saturated heterocycles. The van der Waals surface area contributed by atoms with Crippen molar-refractivity contribution < 1.29 is 5.11 Å². The van der Waals surface area contributed by atoms with E-state index in [1.54, 1.807) is 18.3 Å². The number of hydrogen-bond acceptors (Lipinski definition) is 3. The molecule has 1 aliphatic rings. The minimum atomic E-state index is 0.298. The van der Waals surface area contributed by atoms with Crippen molar-refractivity contribution >= 4 is 10.9 Å². The first kappa shape index (κ1) is 8.73. The van der Waals surface area contributed by atoms with E-state index in [0.717, 1.165) is 30.5 Å². The molecule has 0 amide bonds. The number of nitrogens with zero attached hydrogens (tertiary/aromatic N) is 2. The van der Waals surface area contributed by atoms with E-state index in [4.69, 9.17) is 0 Å². The molecule has 2 heterocycles. The lowest BCUT2D eigenvalue weighted by molar-refractivity contribution is 0.299. The molecular weight excluding hydrogens is 190 g/mol. The topological polar surface area (TPSA) is 50.1 Å². The summed E-state index contributed by atoms with van der Waals surface area (Å²) in [6.45, 7) is 3.13. The molecule has 15 heavy (non-hydrogen) atoms. The smallest absolute Gasteiger partial charge is 0.116 e. The van der Waals surface area contributed by atoms with Crippen molar-refractivity contribution in [2.24, 2.45) is 5.92 Å². The molecule has 0 bridgehead atoms. The fraction of sp³-hybridized carbons (Fsp3) is 0.364. The lowest BCUT2D eigenvalue weighted by atomic mass is 10.0. The van der Waals surface area contributed by atoms with Crippen molar-refractivity contribution in [3.8, 4) is 5.75 Å². The molecule has 78 valence electrons. The van der Waals surface area contributed by atoms with Crippen LogP contribution < -0.4 is 5.32 Å². The highest BCUT2D eigenvalue weighted by Gasteiger charge is 2.18. The Hall–Kier alpha value is -1.55. The fourth-order valence-corrected chi connectivity index (χ4v) is 1.94. The second kappa shape index (κ2) is 3.24. The van der Waals surface area contributed by atoms with Crippen LogP contribution in [0.25, 0.3) is 10.9 Å². The number of phenols is 1. The van der Waals surface area contributed by atoms with Crippen LogP contribution in [-0.4, -0.2) is 28.0 Å². The Labute approximate surface area is 87.5 Å². The molecule has 0 saturated carbocycles. The van der Waals surface area contributed by atoms with Gasteiger partial charge < -0.3 is 10.4 Å². The quantitative estimate of drug-likeness (QED) is 0.764. The van der Waals surface area contributed by atoms with Crippen molar-refractivity contribution in [3.63, 3.8) is 0 Å². The molecule has 1 aromatic carbocycles. The normalized spacial score (nSPS) is 16.8. The third-order valence-electron chi connectivity index (χ3n) is 2.92. The maximum Gasteiger partial charge on any atom is 0.116 e. The molecule has 1 aromatic heterocycles. The summed E-state index contributed by atoms with van der Waals surface area (Å²) in [6.07, 6.45) is 1.81. The van der Waals surface area contributed by atoms with Gasteiger partial charge in [0.25, 0.3) is 0 Å². The van der Waals surface area contributed by atoms with Gasteiger partial charge >= 0.3 is 0 Å². The zero-order valence-electron chi connectivity index (χ0n) is 8.35. The summed E-state index contributed by atoms with van der Waals surface area (Å²) in [5.41, 5.74) is 1.10. The number of benzene rings is 1.